The lowest BCUT2D eigenvalue weighted by atomic mass is 10.1. The lowest BCUT2D eigenvalue weighted by Gasteiger charge is -2.06. The van der Waals surface area contributed by atoms with Gasteiger partial charge < -0.3 is 5.32 Å². The molecule has 0 unspecified atom stereocenters. The van der Waals surface area contributed by atoms with Gasteiger partial charge in [0.15, 0.2) is 0 Å². The van der Waals surface area contributed by atoms with Crippen molar-refractivity contribution in [2.75, 3.05) is 5.32 Å². The van der Waals surface area contributed by atoms with Gasteiger partial charge in [-0.25, -0.2) is 0 Å². The van der Waals surface area contributed by atoms with Crippen LogP contribution in [0.3, 0.4) is 0 Å². The van der Waals surface area contributed by atoms with Gasteiger partial charge in [0.05, 0.1) is 12.5 Å². The van der Waals surface area contributed by atoms with Crippen LogP contribution in [0.25, 0.3) is 0 Å². The standard InChI is InChI=1S/C16H14N2O/c1-12-2-8-15(9-3-12)18-16(19)14-6-4-13(5-7-14)10-11-17/h2-9H,10H2,1H3,(H,18,19). The predicted molar refractivity (Wildman–Crippen MR) is 74.9 cm³/mol. The van der Waals surface area contributed by atoms with Gasteiger partial charge in [0.1, 0.15) is 0 Å². The van der Waals surface area contributed by atoms with Crippen molar-refractivity contribution in [2.45, 2.75) is 13.3 Å². The van der Waals surface area contributed by atoms with Crippen molar-refractivity contribution in [3.63, 3.8) is 0 Å². The summed E-state index contributed by atoms with van der Waals surface area (Å²) >= 11 is 0. The summed E-state index contributed by atoms with van der Waals surface area (Å²) in [4.78, 5) is 12.0. The molecule has 1 N–H and O–H groups in total. The predicted octanol–water partition coefficient (Wildman–Crippen LogP) is 3.31. The van der Waals surface area contributed by atoms with E-state index in [1.807, 2.05) is 31.2 Å². The third kappa shape index (κ3) is 3.43. The Morgan fingerprint density at radius 1 is 1.11 bits per heavy atom. The molecule has 2 aromatic carbocycles. The molecule has 3 nitrogen and oxygen atoms in total. The molecule has 0 saturated carbocycles. The van der Waals surface area contributed by atoms with Crippen molar-refractivity contribution >= 4 is 11.6 Å². The van der Waals surface area contributed by atoms with E-state index < -0.39 is 0 Å². The smallest absolute Gasteiger partial charge is 0.255 e. The molecule has 2 rings (SSSR count). The van der Waals surface area contributed by atoms with E-state index in [1.54, 1.807) is 24.3 Å². The first-order chi connectivity index (χ1) is 9.19. The Kier molecular flexibility index (Phi) is 3.94. The molecule has 1 amide bonds. The van der Waals surface area contributed by atoms with Crippen molar-refractivity contribution in [2.24, 2.45) is 0 Å². The summed E-state index contributed by atoms with van der Waals surface area (Å²) in [6, 6.07) is 16.8. The van der Waals surface area contributed by atoms with Crippen molar-refractivity contribution in [1.82, 2.24) is 0 Å². The van der Waals surface area contributed by atoms with Crippen LogP contribution in [-0.2, 0) is 6.42 Å². The first-order valence-corrected chi connectivity index (χ1v) is 6.03. The molecule has 0 atom stereocenters. The summed E-state index contributed by atoms with van der Waals surface area (Å²) in [5.41, 5.74) is 3.42. The highest BCUT2D eigenvalue weighted by molar-refractivity contribution is 6.04. The van der Waals surface area contributed by atoms with Gasteiger partial charge in [-0.3, -0.25) is 4.79 Å². The number of rotatable bonds is 3. The number of nitrogens with one attached hydrogen (secondary N) is 1. The zero-order chi connectivity index (χ0) is 13.7. The average Bonchev–Trinajstić information content (AvgIpc) is 2.42. The first kappa shape index (κ1) is 12.8. The van der Waals surface area contributed by atoms with E-state index in [4.69, 9.17) is 5.26 Å². The maximum Gasteiger partial charge on any atom is 0.255 e. The SMILES string of the molecule is Cc1ccc(NC(=O)c2ccc(CC#N)cc2)cc1. The van der Waals surface area contributed by atoms with E-state index in [0.717, 1.165) is 16.8 Å². The van der Waals surface area contributed by atoms with Gasteiger partial charge in [-0.1, -0.05) is 29.8 Å². The highest BCUT2D eigenvalue weighted by atomic mass is 16.1. The van der Waals surface area contributed by atoms with Crippen molar-refractivity contribution in [3.05, 3.63) is 65.2 Å². The van der Waals surface area contributed by atoms with Gasteiger partial charge in [0, 0.05) is 11.3 Å². The fourth-order valence-electron chi connectivity index (χ4n) is 1.71. The second kappa shape index (κ2) is 5.83. The second-order valence-electron chi connectivity index (χ2n) is 4.35. The van der Waals surface area contributed by atoms with E-state index in [9.17, 15) is 4.79 Å². The summed E-state index contributed by atoms with van der Waals surface area (Å²) in [5.74, 6) is -0.146. The van der Waals surface area contributed by atoms with Crippen LogP contribution in [0.5, 0.6) is 0 Å². The third-order valence-corrected chi connectivity index (χ3v) is 2.81. The maximum atomic E-state index is 12.0. The molecular weight excluding hydrogens is 236 g/mol. The number of nitriles is 1. The van der Waals surface area contributed by atoms with Crippen LogP contribution in [0.15, 0.2) is 48.5 Å². The quantitative estimate of drug-likeness (QED) is 0.908. The Balaban J connectivity index is 2.07. The van der Waals surface area contributed by atoms with E-state index in [1.165, 1.54) is 0 Å². The van der Waals surface area contributed by atoms with Gasteiger partial charge in [0.2, 0.25) is 0 Å². The number of anilines is 1. The summed E-state index contributed by atoms with van der Waals surface area (Å²) in [6.07, 6.45) is 0.361. The molecule has 19 heavy (non-hydrogen) atoms. The fourth-order valence-corrected chi connectivity index (χ4v) is 1.71. The zero-order valence-electron chi connectivity index (χ0n) is 10.7. The van der Waals surface area contributed by atoms with Crippen molar-refractivity contribution < 1.29 is 4.79 Å². The van der Waals surface area contributed by atoms with Gasteiger partial charge in [-0.2, -0.15) is 5.26 Å². The number of carbonyl (C=O) groups is 1. The summed E-state index contributed by atoms with van der Waals surface area (Å²) in [7, 11) is 0. The minimum absolute atomic E-state index is 0.146. The van der Waals surface area contributed by atoms with Gasteiger partial charge in [0.25, 0.3) is 5.91 Å². The van der Waals surface area contributed by atoms with Gasteiger partial charge >= 0.3 is 0 Å². The van der Waals surface area contributed by atoms with Crippen LogP contribution in [-0.4, -0.2) is 5.91 Å². The summed E-state index contributed by atoms with van der Waals surface area (Å²) in [6.45, 7) is 2.00. The van der Waals surface area contributed by atoms with Crippen LogP contribution in [0.2, 0.25) is 0 Å². The van der Waals surface area contributed by atoms with Crippen LogP contribution in [0.1, 0.15) is 21.5 Å². The van der Waals surface area contributed by atoms with Gasteiger partial charge in [-0.05, 0) is 36.8 Å². The Bertz CT molecular complexity index is 607. The Labute approximate surface area is 112 Å². The molecule has 0 saturated heterocycles. The van der Waals surface area contributed by atoms with E-state index in [0.29, 0.717) is 12.0 Å². The van der Waals surface area contributed by atoms with Crippen LogP contribution in [0.4, 0.5) is 5.69 Å². The molecule has 2 aromatic rings. The van der Waals surface area contributed by atoms with Crippen LogP contribution < -0.4 is 5.32 Å². The number of nitrogens with zero attached hydrogens (tertiary/aromatic N) is 1. The van der Waals surface area contributed by atoms with E-state index >= 15 is 0 Å². The lowest BCUT2D eigenvalue weighted by Crippen LogP contribution is -2.11. The molecule has 0 aliphatic heterocycles. The minimum Gasteiger partial charge on any atom is -0.322 e. The summed E-state index contributed by atoms with van der Waals surface area (Å²) < 4.78 is 0. The highest BCUT2D eigenvalue weighted by Gasteiger charge is 2.05. The number of amides is 1. The minimum atomic E-state index is -0.146. The zero-order valence-corrected chi connectivity index (χ0v) is 10.7. The van der Waals surface area contributed by atoms with Crippen molar-refractivity contribution in [1.29, 1.82) is 5.26 Å². The van der Waals surface area contributed by atoms with E-state index in [2.05, 4.69) is 11.4 Å². The molecular formula is C16H14N2O. The third-order valence-electron chi connectivity index (χ3n) is 2.81. The average molecular weight is 250 g/mol. The Morgan fingerprint density at radius 2 is 1.74 bits per heavy atom. The summed E-state index contributed by atoms with van der Waals surface area (Å²) in [5, 5.41) is 11.4. The number of hydrogen-bond acceptors (Lipinski definition) is 2. The molecule has 0 radical (unpaired) electrons. The normalized spacial score (nSPS) is 9.68. The van der Waals surface area contributed by atoms with E-state index in [-0.39, 0.29) is 5.91 Å². The first-order valence-electron chi connectivity index (χ1n) is 6.03. The van der Waals surface area contributed by atoms with Crippen molar-refractivity contribution in [3.8, 4) is 6.07 Å². The molecule has 94 valence electrons. The maximum absolute atomic E-state index is 12.0. The molecule has 0 aromatic heterocycles. The lowest BCUT2D eigenvalue weighted by molar-refractivity contribution is 0.102. The molecule has 0 spiro atoms. The molecule has 3 heteroatoms. The largest absolute Gasteiger partial charge is 0.322 e. The number of carbonyl (C=O) groups excluding carboxylic acids is 1. The number of benzene rings is 2. The molecule has 0 aliphatic carbocycles. The van der Waals surface area contributed by atoms with Crippen LogP contribution >= 0.6 is 0 Å². The highest BCUT2D eigenvalue weighted by Crippen LogP contribution is 2.11. The number of aryl methyl sites for hydroxylation is 1. The Hall–Kier alpha value is -2.60. The molecule has 0 heterocycles. The second-order valence-corrected chi connectivity index (χ2v) is 4.35. The fraction of sp³-hybridized carbons (Fsp3) is 0.125. The topological polar surface area (TPSA) is 52.9 Å². The Morgan fingerprint density at radius 3 is 2.32 bits per heavy atom. The van der Waals surface area contributed by atoms with Gasteiger partial charge in [-0.15, -0.1) is 0 Å². The molecule has 0 aliphatic rings. The number of hydrogen-bond donors (Lipinski definition) is 1. The molecule has 0 bridgehead atoms. The molecule has 0 fully saturated rings. The monoisotopic (exact) mass is 250 g/mol. The van der Waals surface area contributed by atoms with Crippen LogP contribution in [0, 0.1) is 18.3 Å².